The number of thiazole rings is 1. The van der Waals surface area contributed by atoms with Crippen molar-refractivity contribution in [3.05, 3.63) is 35.1 Å². The van der Waals surface area contributed by atoms with E-state index in [1.807, 2.05) is 19.1 Å². The van der Waals surface area contributed by atoms with E-state index in [9.17, 15) is 4.79 Å². The summed E-state index contributed by atoms with van der Waals surface area (Å²) in [4.78, 5) is 20.2. The molecule has 2 aromatic rings. The standard InChI is InChI=1S/C12H13N3O2S/c1-7-10(9(13-2)12(16)17)18-11(15-7)8-3-5-14-6-4-8/h3-6,9,13H,1-2H3,(H,16,17). The summed E-state index contributed by atoms with van der Waals surface area (Å²) in [5, 5.41) is 12.7. The number of carbonyl (C=O) groups is 1. The van der Waals surface area contributed by atoms with E-state index in [-0.39, 0.29) is 0 Å². The normalized spacial score (nSPS) is 12.3. The molecule has 0 aliphatic heterocycles. The molecule has 0 saturated heterocycles. The summed E-state index contributed by atoms with van der Waals surface area (Å²) in [6.07, 6.45) is 3.39. The Balaban J connectivity index is 2.41. The van der Waals surface area contributed by atoms with Crippen LogP contribution >= 0.6 is 11.3 Å². The second kappa shape index (κ2) is 5.24. The zero-order chi connectivity index (χ0) is 13.1. The number of aromatic nitrogens is 2. The molecule has 2 N–H and O–H groups in total. The van der Waals surface area contributed by atoms with E-state index in [0.717, 1.165) is 21.1 Å². The molecule has 0 saturated carbocycles. The zero-order valence-corrected chi connectivity index (χ0v) is 10.9. The molecule has 0 bridgehead atoms. The predicted molar refractivity (Wildman–Crippen MR) is 69.5 cm³/mol. The van der Waals surface area contributed by atoms with Gasteiger partial charge < -0.3 is 10.4 Å². The molecule has 94 valence electrons. The summed E-state index contributed by atoms with van der Waals surface area (Å²) >= 11 is 1.39. The van der Waals surface area contributed by atoms with Crippen molar-refractivity contribution in [3.8, 4) is 10.6 Å². The number of nitrogens with zero attached hydrogens (tertiary/aromatic N) is 2. The molecule has 0 fully saturated rings. The van der Waals surface area contributed by atoms with Crippen molar-refractivity contribution >= 4 is 17.3 Å². The molecule has 18 heavy (non-hydrogen) atoms. The monoisotopic (exact) mass is 263 g/mol. The van der Waals surface area contributed by atoms with Crippen LogP contribution in [0.25, 0.3) is 10.6 Å². The molecule has 0 radical (unpaired) electrons. The van der Waals surface area contributed by atoms with Gasteiger partial charge in [0.2, 0.25) is 0 Å². The number of pyridine rings is 1. The van der Waals surface area contributed by atoms with Crippen LogP contribution in [-0.2, 0) is 4.79 Å². The van der Waals surface area contributed by atoms with Crippen LogP contribution in [0.15, 0.2) is 24.5 Å². The first-order valence-corrected chi connectivity index (χ1v) is 6.23. The Hall–Kier alpha value is -1.79. The van der Waals surface area contributed by atoms with Crippen LogP contribution in [-0.4, -0.2) is 28.1 Å². The second-order valence-corrected chi connectivity index (χ2v) is 4.80. The lowest BCUT2D eigenvalue weighted by atomic mass is 10.2. The van der Waals surface area contributed by atoms with Crippen molar-refractivity contribution in [2.75, 3.05) is 7.05 Å². The Labute approximate surface area is 109 Å². The van der Waals surface area contributed by atoms with E-state index in [1.54, 1.807) is 19.4 Å². The average Bonchev–Trinajstić information content (AvgIpc) is 2.73. The molecule has 0 aliphatic rings. The van der Waals surface area contributed by atoms with Crippen molar-refractivity contribution in [2.45, 2.75) is 13.0 Å². The molecular weight excluding hydrogens is 250 g/mol. The maximum Gasteiger partial charge on any atom is 0.326 e. The van der Waals surface area contributed by atoms with Crippen molar-refractivity contribution in [1.29, 1.82) is 0 Å². The van der Waals surface area contributed by atoms with E-state index >= 15 is 0 Å². The molecule has 0 aromatic carbocycles. The summed E-state index contributed by atoms with van der Waals surface area (Å²) < 4.78 is 0. The minimum Gasteiger partial charge on any atom is -0.480 e. The summed E-state index contributed by atoms with van der Waals surface area (Å²) in [5.74, 6) is -0.898. The number of nitrogens with one attached hydrogen (secondary N) is 1. The summed E-state index contributed by atoms with van der Waals surface area (Å²) in [5.41, 5.74) is 1.69. The first-order valence-electron chi connectivity index (χ1n) is 5.41. The van der Waals surface area contributed by atoms with Gasteiger partial charge in [-0.2, -0.15) is 0 Å². The Morgan fingerprint density at radius 3 is 2.67 bits per heavy atom. The summed E-state index contributed by atoms with van der Waals surface area (Å²) in [7, 11) is 1.63. The van der Waals surface area contributed by atoms with Gasteiger partial charge in [-0.1, -0.05) is 0 Å². The topological polar surface area (TPSA) is 75.1 Å². The van der Waals surface area contributed by atoms with Crippen molar-refractivity contribution in [2.24, 2.45) is 0 Å². The molecule has 0 aliphatic carbocycles. The van der Waals surface area contributed by atoms with Crippen LogP contribution < -0.4 is 5.32 Å². The molecule has 2 heterocycles. The van der Waals surface area contributed by atoms with E-state index in [0.29, 0.717) is 0 Å². The van der Waals surface area contributed by atoms with Crippen LogP contribution in [0.5, 0.6) is 0 Å². The fourth-order valence-corrected chi connectivity index (χ4v) is 2.84. The highest BCUT2D eigenvalue weighted by molar-refractivity contribution is 7.15. The van der Waals surface area contributed by atoms with Crippen LogP contribution in [0.1, 0.15) is 16.6 Å². The Kier molecular flexibility index (Phi) is 3.69. The SMILES string of the molecule is CNC(C(=O)O)c1sc(-c2ccncc2)nc1C. The van der Waals surface area contributed by atoms with Crippen molar-refractivity contribution in [3.63, 3.8) is 0 Å². The number of carboxylic acid groups (broad SMARTS) is 1. The number of likely N-dealkylation sites (N-methyl/N-ethyl adjacent to an activating group) is 1. The van der Waals surface area contributed by atoms with Crippen LogP contribution in [0.3, 0.4) is 0 Å². The van der Waals surface area contributed by atoms with Gasteiger partial charge in [0, 0.05) is 18.0 Å². The third-order valence-electron chi connectivity index (χ3n) is 2.56. The smallest absolute Gasteiger partial charge is 0.326 e. The van der Waals surface area contributed by atoms with Gasteiger partial charge in [0.15, 0.2) is 0 Å². The quantitative estimate of drug-likeness (QED) is 0.880. The van der Waals surface area contributed by atoms with Gasteiger partial charge >= 0.3 is 5.97 Å². The minimum atomic E-state index is -0.898. The van der Waals surface area contributed by atoms with Gasteiger partial charge in [0.25, 0.3) is 0 Å². The van der Waals surface area contributed by atoms with Crippen LogP contribution in [0, 0.1) is 6.92 Å². The van der Waals surface area contributed by atoms with Gasteiger partial charge in [-0.25, -0.2) is 4.98 Å². The van der Waals surface area contributed by atoms with Crippen LogP contribution in [0.4, 0.5) is 0 Å². The third-order valence-corrected chi connectivity index (χ3v) is 3.83. The first-order chi connectivity index (χ1) is 8.63. The highest BCUT2D eigenvalue weighted by Gasteiger charge is 2.23. The van der Waals surface area contributed by atoms with E-state index in [1.165, 1.54) is 11.3 Å². The fourth-order valence-electron chi connectivity index (χ4n) is 1.66. The molecule has 0 amide bonds. The molecule has 2 rings (SSSR count). The predicted octanol–water partition coefficient (Wildman–Crippen LogP) is 1.86. The minimum absolute atomic E-state index is 0.710. The molecule has 2 aromatic heterocycles. The Bertz CT molecular complexity index is 554. The molecule has 6 heteroatoms. The number of hydrogen-bond acceptors (Lipinski definition) is 5. The van der Waals surface area contributed by atoms with E-state index < -0.39 is 12.0 Å². The number of rotatable bonds is 4. The molecular formula is C12H13N3O2S. The van der Waals surface area contributed by atoms with Crippen molar-refractivity contribution in [1.82, 2.24) is 15.3 Å². The lowest BCUT2D eigenvalue weighted by molar-refractivity contribution is -0.139. The lowest BCUT2D eigenvalue weighted by Gasteiger charge is -2.08. The third kappa shape index (κ3) is 2.39. The van der Waals surface area contributed by atoms with Gasteiger partial charge in [0.05, 0.1) is 10.6 Å². The summed E-state index contributed by atoms with van der Waals surface area (Å²) in [6.45, 7) is 1.82. The fraction of sp³-hybridized carbons (Fsp3) is 0.250. The number of carboxylic acids is 1. The summed E-state index contributed by atoms with van der Waals surface area (Å²) in [6, 6.07) is 3.01. The van der Waals surface area contributed by atoms with Gasteiger partial charge in [-0.15, -0.1) is 11.3 Å². The maximum atomic E-state index is 11.1. The molecule has 5 nitrogen and oxygen atoms in total. The van der Waals surface area contributed by atoms with E-state index in [2.05, 4.69) is 15.3 Å². The van der Waals surface area contributed by atoms with Crippen LogP contribution in [0.2, 0.25) is 0 Å². The number of aryl methyl sites for hydroxylation is 1. The highest BCUT2D eigenvalue weighted by Crippen LogP contribution is 2.31. The molecule has 1 atom stereocenters. The largest absolute Gasteiger partial charge is 0.480 e. The lowest BCUT2D eigenvalue weighted by Crippen LogP contribution is -2.24. The molecule has 1 unspecified atom stereocenters. The Morgan fingerprint density at radius 1 is 1.44 bits per heavy atom. The number of aliphatic carboxylic acids is 1. The Morgan fingerprint density at radius 2 is 2.11 bits per heavy atom. The highest BCUT2D eigenvalue weighted by atomic mass is 32.1. The van der Waals surface area contributed by atoms with E-state index in [4.69, 9.17) is 5.11 Å². The maximum absolute atomic E-state index is 11.1. The zero-order valence-electron chi connectivity index (χ0n) is 10.0. The molecule has 0 spiro atoms. The average molecular weight is 263 g/mol. The second-order valence-electron chi connectivity index (χ2n) is 3.76. The van der Waals surface area contributed by atoms with Gasteiger partial charge in [-0.05, 0) is 26.1 Å². The van der Waals surface area contributed by atoms with Crippen molar-refractivity contribution < 1.29 is 9.90 Å². The van der Waals surface area contributed by atoms with Gasteiger partial charge in [-0.3, -0.25) is 9.78 Å². The van der Waals surface area contributed by atoms with Gasteiger partial charge in [0.1, 0.15) is 11.0 Å². The number of hydrogen-bond donors (Lipinski definition) is 2. The first kappa shape index (κ1) is 12.7.